The zero-order chi connectivity index (χ0) is 15.4. The Balaban J connectivity index is 1.60. The Bertz CT molecular complexity index is 666. The fraction of sp³-hybridized carbons (Fsp3) is 0.353. The van der Waals surface area contributed by atoms with Crippen molar-refractivity contribution in [1.29, 1.82) is 0 Å². The van der Waals surface area contributed by atoms with E-state index in [-0.39, 0.29) is 12.0 Å². The summed E-state index contributed by atoms with van der Waals surface area (Å²) in [5.41, 5.74) is 0. The molecule has 3 rings (SSSR count). The normalized spacial score (nSPS) is 17.8. The van der Waals surface area contributed by atoms with E-state index in [0.717, 1.165) is 40.1 Å². The molecular weight excluding hydrogens is 318 g/mol. The first kappa shape index (κ1) is 15.7. The van der Waals surface area contributed by atoms with Crippen molar-refractivity contribution in [3.8, 4) is 0 Å². The zero-order valence-electron chi connectivity index (χ0n) is 12.2. The largest absolute Gasteiger partial charge is 0.376 e. The maximum atomic E-state index is 12.0. The van der Waals surface area contributed by atoms with Crippen molar-refractivity contribution in [3.05, 3.63) is 41.4 Å². The van der Waals surface area contributed by atoms with Gasteiger partial charge in [-0.2, -0.15) is 0 Å². The van der Waals surface area contributed by atoms with Gasteiger partial charge in [0.15, 0.2) is 0 Å². The minimum atomic E-state index is 0.0320. The monoisotopic (exact) mass is 335 g/mol. The van der Waals surface area contributed by atoms with E-state index in [0.29, 0.717) is 12.3 Å². The van der Waals surface area contributed by atoms with E-state index >= 15 is 0 Å². The van der Waals surface area contributed by atoms with Gasteiger partial charge in [0.1, 0.15) is 0 Å². The molecule has 0 spiro atoms. The zero-order valence-corrected chi connectivity index (χ0v) is 13.8. The van der Waals surface area contributed by atoms with Crippen LogP contribution < -0.4 is 5.32 Å². The Morgan fingerprint density at radius 1 is 1.32 bits per heavy atom. The maximum absolute atomic E-state index is 12.0. The van der Waals surface area contributed by atoms with Crippen LogP contribution >= 0.6 is 23.4 Å². The third-order valence-electron chi connectivity index (χ3n) is 3.73. The van der Waals surface area contributed by atoms with Crippen LogP contribution in [0.1, 0.15) is 12.8 Å². The number of carbonyl (C=O) groups is 1. The molecule has 3 nitrogen and oxygen atoms in total. The summed E-state index contributed by atoms with van der Waals surface area (Å²) >= 11 is 7.81. The molecule has 0 saturated carbocycles. The van der Waals surface area contributed by atoms with Crippen LogP contribution in [0.25, 0.3) is 10.8 Å². The molecule has 0 unspecified atom stereocenters. The third-order valence-corrected chi connectivity index (χ3v) is 5.10. The molecule has 1 amide bonds. The highest BCUT2D eigenvalue weighted by atomic mass is 35.5. The summed E-state index contributed by atoms with van der Waals surface area (Å²) < 4.78 is 5.50. The number of nitrogens with one attached hydrogen (secondary N) is 1. The van der Waals surface area contributed by atoms with Gasteiger partial charge in [0.2, 0.25) is 5.91 Å². The molecular formula is C17H18ClNO2S. The first-order chi connectivity index (χ1) is 10.7. The predicted octanol–water partition coefficient (Wildman–Crippen LogP) is 3.88. The fourth-order valence-electron chi connectivity index (χ4n) is 2.61. The van der Waals surface area contributed by atoms with Crippen molar-refractivity contribution in [2.24, 2.45) is 0 Å². The number of hydrogen-bond donors (Lipinski definition) is 1. The predicted molar refractivity (Wildman–Crippen MR) is 91.7 cm³/mol. The van der Waals surface area contributed by atoms with Gasteiger partial charge in [-0.25, -0.2) is 0 Å². The van der Waals surface area contributed by atoms with Crippen molar-refractivity contribution in [1.82, 2.24) is 5.32 Å². The van der Waals surface area contributed by atoms with Crippen LogP contribution in [0.4, 0.5) is 0 Å². The van der Waals surface area contributed by atoms with Gasteiger partial charge < -0.3 is 10.1 Å². The highest BCUT2D eigenvalue weighted by molar-refractivity contribution is 8.00. The van der Waals surface area contributed by atoms with E-state index in [1.54, 1.807) is 0 Å². The minimum Gasteiger partial charge on any atom is -0.376 e. The number of hydrogen-bond acceptors (Lipinski definition) is 3. The summed E-state index contributed by atoms with van der Waals surface area (Å²) in [6.07, 6.45) is 2.30. The van der Waals surface area contributed by atoms with Crippen LogP contribution in [0.15, 0.2) is 41.3 Å². The van der Waals surface area contributed by atoms with Gasteiger partial charge in [-0.3, -0.25) is 4.79 Å². The minimum absolute atomic E-state index is 0.0320. The third kappa shape index (κ3) is 3.75. The molecule has 5 heteroatoms. The first-order valence-corrected chi connectivity index (χ1v) is 8.79. The Morgan fingerprint density at radius 2 is 2.14 bits per heavy atom. The standard InChI is InChI=1S/C17H18ClNO2S/c18-14-7-1-4-12-5-2-8-15(17(12)14)22-11-16(20)19-10-13-6-3-9-21-13/h1-2,4-5,7-8,13H,3,6,9-11H2,(H,19,20)/t13-/m0/s1. The van der Waals surface area contributed by atoms with E-state index in [1.165, 1.54) is 11.8 Å². The van der Waals surface area contributed by atoms with Gasteiger partial charge in [-0.1, -0.05) is 35.9 Å². The molecule has 1 fully saturated rings. The summed E-state index contributed by atoms with van der Waals surface area (Å²) in [5.74, 6) is 0.418. The second-order valence-electron chi connectivity index (χ2n) is 5.32. The highest BCUT2D eigenvalue weighted by Crippen LogP contribution is 2.33. The first-order valence-electron chi connectivity index (χ1n) is 7.42. The second kappa shape index (κ2) is 7.36. The van der Waals surface area contributed by atoms with Crippen LogP contribution in [0, 0.1) is 0 Å². The number of benzene rings is 2. The number of carbonyl (C=O) groups excluding carboxylic acids is 1. The van der Waals surface area contributed by atoms with Crippen molar-refractivity contribution in [2.75, 3.05) is 18.9 Å². The summed E-state index contributed by atoms with van der Waals surface area (Å²) in [7, 11) is 0. The fourth-order valence-corrected chi connectivity index (χ4v) is 3.89. The molecule has 116 valence electrons. The number of ether oxygens (including phenoxy) is 1. The van der Waals surface area contributed by atoms with Crippen molar-refractivity contribution >= 4 is 40.0 Å². The lowest BCUT2D eigenvalue weighted by molar-refractivity contribution is -0.119. The molecule has 1 N–H and O–H groups in total. The number of rotatable bonds is 5. The molecule has 1 heterocycles. The van der Waals surface area contributed by atoms with E-state index in [1.807, 2.05) is 36.4 Å². The smallest absolute Gasteiger partial charge is 0.230 e. The summed E-state index contributed by atoms with van der Waals surface area (Å²) in [5, 5.41) is 5.77. The number of amides is 1. The molecule has 0 aromatic heterocycles. The molecule has 1 aliphatic rings. The van der Waals surface area contributed by atoms with Crippen molar-refractivity contribution < 1.29 is 9.53 Å². The quantitative estimate of drug-likeness (QED) is 0.843. The van der Waals surface area contributed by atoms with Crippen molar-refractivity contribution in [3.63, 3.8) is 0 Å². The van der Waals surface area contributed by atoms with E-state index < -0.39 is 0 Å². The molecule has 0 radical (unpaired) electrons. The van der Waals surface area contributed by atoms with Crippen LogP contribution in [0.2, 0.25) is 5.02 Å². The molecule has 1 atom stereocenters. The summed E-state index contributed by atoms with van der Waals surface area (Å²) in [6, 6.07) is 11.9. The van der Waals surface area contributed by atoms with Gasteiger partial charge in [-0.05, 0) is 30.4 Å². The molecule has 22 heavy (non-hydrogen) atoms. The lowest BCUT2D eigenvalue weighted by atomic mass is 10.1. The SMILES string of the molecule is O=C(CSc1cccc2cccc(Cl)c12)NC[C@@H]1CCCO1. The van der Waals surface area contributed by atoms with Gasteiger partial charge >= 0.3 is 0 Å². The molecule has 0 bridgehead atoms. The number of fused-ring (bicyclic) bond motifs is 1. The van der Waals surface area contributed by atoms with Crippen LogP contribution in [-0.2, 0) is 9.53 Å². The topological polar surface area (TPSA) is 38.3 Å². The lowest BCUT2D eigenvalue weighted by Gasteiger charge is -2.11. The Kier molecular flexibility index (Phi) is 5.24. The number of thioether (sulfide) groups is 1. The Labute approximate surface area is 139 Å². The summed E-state index contributed by atoms with van der Waals surface area (Å²) in [4.78, 5) is 13.0. The average Bonchev–Trinajstić information content (AvgIpc) is 3.04. The Morgan fingerprint density at radius 3 is 2.91 bits per heavy atom. The van der Waals surface area contributed by atoms with Gasteiger partial charge in [0.25, 0.3) is 0 Å². The second-order valence-corrected chi connectivity index (χ2v) is 6.75. The van der Waals surface area contributed by atoms with E-state index in [2.05, 4.69) is 5.32 Å². The molecule has 0 aliphatic carbocycles. The van der Waals surface area contributed by atoms with Crippen LogP contribution in [0.5, 0.6) is 0 Å². The van der Waals surface area contributed by atoms with Crippen molar-refractivity contribution in [2.45, 2.75) is 23.8 Å². The van der Waals surface area contributed by atoms with E-state index in [9.17, 15) is 4.79 Å². The van der Waals surface area contributed by atoms with Gasteiger partial charge in [0, 0.05) is 28.5 Å². The summed E-state index contributed by atoms with van der Waals surface area (Å²) in [6.45, 7) is 1.42. The molecule has 2 aromatic rings. The van der Waals surface area contributed by atoms with Crippen LogP contribution in [0.3, 0.4) is 0 Å². The maximum Gasteiger partial charge on any atom is 0.230 e. The Hall–Kier alpha value is -1.23. The van der Waals surface area contributed by atoms with Gasteiger partial charge in [0.05, 0.1) is 11.9 Å². The average molecular weight is 336 g/mol. The lowest BCUT2D eigenvalue weighted by Crippen LogP contribution is -2.32. The van der Waals surface area contributed by atoms with E-state index in [4.69, 9.17) is 16.3 Å². The highest BCUT2D eigenvalue weighted by Gasteiger charge is 2.16. The molecule has 2 aromatic carbocycles. The molecule has 1 saturated heterocycles. The molecule has 1 aliphatic heterocycles. The number of halogens is 1. The van der Waals surface area contributed by atoms with Crippen LogP contribution in [-0.4, -0.2) is 30.9 Å². The van der Waals surface area contributed by atoms with Gasteiger partial charge in [-0.15, -0.1) is 11.8 Å².